The second-order valence-corrected chi connectivity index (χ2v) is 7.83. The van der Waals surface area contributed by atoms with Crippen LogP contribution in [0.1, 0.15) is 11.1 Å². The molecule has 1 N–H and O–H groups in total. The molecule has 9 heteroatoms. The van der Waals surface area contributed by atoms with Crippen molar-refractivity contribution >= 4 is 52.8 Å². The van der Waals surface area contributed by atoms with Gasteiger partial charge >= 0.3 is 6.03 Å². The minimum absolute atomic E-state index is 0.246. The highest BCUT2D eigenvalue weighted by Gasteiger charge is 2.37. The van der Waals surface area contributed by atoms with E-state index >= 15 is 0 Å². The first-order valence-corrected chi connectivity index (χ1v) is 10.4. The van der Waals surface area contributed by atoms with Crippen molar-refractivity contribution in [2.75, 3.05) is 4.90 Å². The Labute approximate surface area is 198 Å². The number of halogens is 3. The number of anilines is 1. The zero-order valence-electron chi connectivity index (χ0n) is 16.8. The van der Waals surface area contributed by atoms with Crippen LogP contribution in [-0.4, -0.2) is 17.8 Å². The van der Waals surface area contributed by atoms with Crippen LogP contribution in [0.25, 0.3) is 6.08 Å². The minimum Gasteiger partial charge on any atom is -0.489 e. The van der Waals surface area contributed by atoms with Gasteiger partial charge in [-0.3, -0.25) is 14.9 Å². The number of carbonyl (C=O) groups is 3. The summed E-state index contributed by atoms with van der Waals surface area (Å²) in [7, 11) is 0. The summed E-state index contributed by atoms with van der Waals surface area (Å²) in [6.45, 7) is 0.262. The van der Waals surface area contributed by atoms with E-state index in [2.05, 4.69) is 5.32 Å². The highest BCUT2D eigenvalue weighted by atomic mass is 35.5. The second-order valence-electron chi connectivity index (χ2n) is 7.02. The monoisotopic (exact) mass is 484 g/mol. The number of rotatable bonds is 5. The van der Waals surface area contributed by atoms with Gasteiger partial charge in [-0.05, 0) is 53.6 Å². The fourth-order valence-corrected chi connectivity index (χ4v) is 3.45. The number of urea groups is 1. The van der Waals surface area contributed by atoms with Gasteiger partial charge in [0.05, 0.1) is 15.7 Å². The van der Waals surface area contributed by atoms with Crippen molar-refractivity contribution < 1.29 is 23.5 Å². The molecule has 0 aromatic heterocycles. The van der Waals surface area contributed by atoms with Crippen LogP contribution in [0.3, 0.4) is 0 Å². The van der Waals surface area contributed by atoms with E-state index < -0.39 is 23.7 Å². The molecular weight excluding hydrogens is 470 g/mol. The zero-order valence-corrected chi connectivity index (χ0v) is 18.4. The lowest BCUT2D eigenvalue weighted by Crippen LogP contribution is -2.54. The van der Waals surface area contributed by atoms with Gasteiger partial charge in [-0.25, -0.2) is 14.1 Å². The lowest BCUT2D eigenvalue weighted by Gasteiger charge is -2.26. The van der Waals surface area contributed by atoms with Crippen molar-refractivity contribution in [3.05, 3.63) is 99.3 Å². The summed E-state index contributed by atoms with van der Waals surface area (Å²) in [5.41, 5.74) is 0.794. The summed E-state index contributed by atoms with van der Waals surface area (Å²) in [4.78, 5) is 37.9. The molecule has 0 spiro atoms. The molecule has 1 aliphatic heterocycles. The molecule has 1 fully saturated rings. The van der Waals surface area contributed by atoms with Gasteiger partial charge in [0.2, 0.25) is 0 Å². The van der Waals surface area contributed by atoms with Crippen molar-refractivity contribution in [1.29, 1.82) is 0 Å². The molecular formula is C24H15Cl2FN2O4. The molecule has 166 valence electrons. The molecule has 1 heterocycles. The highest BCUT2D eigenvalue weighted by molar-refractivity contribution is 6.42. The predicted molar refractivity (Wildman–Crippen MR) is 123 cm³/mol. The first-order valence-electron chi connectivity index (χ1n) is 9.66. The van der Waals surface area contributed by atoms with E-state index in [1.54, 1.807) is 42.5 Å². The Morgan fingerprint density at radius 2 is 1.67 bits per heavy atom. The van der Waals surface area contributed by atoms with Crippen LogP contribution in [0.15, 0.2) is 72.3 Å². The maximum atomic E-state index is 14.1. The number of benzene rings is 3. The Bertz CT molecular complexity index is 1290. The lowest BCUT2D eigenvalue weighted by molar-refractivity contribution is -0.122. The highest BCUT2D eigenvalue weighted by Crippen LogP contribution is 2.26. The van der Waals surface area contributed by atoms with Gasteiger partial charge in [0.15, 0.2) is 0 Å². The van der Waals surface area contributed by atoms with Crippen LogP contribution < -0.4 is 15.0 Å². The quantitative estimate of drug-likeness (QED) is 0.389. The molecule has 0 aliphatic carbocycles. The van der Waals surface area contributed by atoms with E-state index in [0.29, 0.717) is 26.3 Å². The SMILES string of the molecule is O=C1NC(=O)N(c2ccccc2F)C(=O)/C1=C\c1ccc(OCc2ccc(Cl)c(Cl)c2)cc1. The largest absolute Gasteiger partial charge is 0.489 e. The van der Waals surface area contributed by atoms with E-state index in [-0.39, 0.29) is 17.9 Å². The molecule has 0 saturated carbocycles. The number of nitrogens with zero attached hydrogens (tertiary/aromatic N) is 1. The Balaban J connectivity index is 1.52. The van der Waals surface area contributed by atoms with Crippen molar-refractivity contribution in [2.45, 2.75) is 6.61 Å². The van der Waals surface area contributed by atoms with Gasteiger partial charge in [-0.2, -0.15) is 0 Å². The van der Waals surface area contributed by atoms with Gasteiger partial charge < -0.3 is 4.74 Å². The number of ether oxygens (including phenoxy) is 1. The number of imide groups is 2. The molecule has 1 saturated heterocycles. The first-order chi connectivity index (χ1) is 15.8. The van der Waals surface area contributed by atoms with Gasteiger partial charge in [0.25, 0.3) is 11.8 Å². The molecule has 0 unspecified atom stereocenters. The number of amides is 4. The summed E-state index contributed by atoms with van der Waals surface area (Å²) in [5, 5.41) is 2.94. The lowest BCUT2D eigenvalue weighted by atomic mass is 10.1. The average Bonchev–Trinajstić information content (AvgIpc) is 2.79. The summed E-state index contributed by atoms with van der Waals surface area (Å²) >= 11 is 11.9. The fraction of sp³-hybridized carbons (Fsp3) is 0.0417. The van der Waals surface area contributed by atoms with Crippen LogP contribution in [0.2, 0.25) is 10.0 Å². The summed E-state index contributed by atoms with van der Waals surface area (Å²) in [5.74, 6) is -2.00. The number of hydrogen-bond donors (Lipinski definition) is 1. The third kappa shape index (κ3) is 4.89. The average molecular weight is 485 g/mol. The van der Waals surface area contributed by atoms with Crippen LogP contribution in [-0.2, 0) is 16.2 Å². The molecule has 3 aromatic rings. The third-order valence-corrected chi connectivity index (χ3v) is 5.51. The predicted octanol–water partition coefficient (Wildman–Crippen LogP) is 5.38. The third-order valence-electron chi connectivity index (χ3n) is 4.78. The van der Waals surface area contributed by atoms with E-state index in [4.69, 9.17) is 27.9 Å². The van der Waals surface area contributed by atoms with Crippen molar-refractivity contribution in [1.82, 2.24) is 5.32 Å². The smallest absolute Gasteiger partial charge is 0.336 e. The van der Waals surface area contributed by atoms with Crippen LogP contribution in [0.5, 0.6) is 5.75 Å². The molecule has 0 radical (unpaired) electrons. The van der Waals surface area contributed by atoms with E-state index in [9.17, 15) is 18.8 Å². The minimum atomic E-state index is -1.02. The number of hydrogen-bond acceptors (Lipinski definition) is 4. The van der Waals surface area contributed by atoms with E-state index in [0.717, 1.165) is 11.6 Å². The summed E-state index contributed by atoms with van der Waals surface area (Å²) in [6, 6.07) is 16.1. The van der Waals surface area contributed by atoms with Crippen LogP contribution in [0.4, 0.5) is 14.9 Å². The van der Waals surface area contributed by atoms with E-state index in [1.165, 1.54) is 24.3 Å². The van der Waals surface area contributed by atoms with Crippen LogP contribution in [0, 0.1) is 5.82 Å². The van der Waals surface area contributed by atoms with Gasteiger partial charge in [0.1, 0.15) is 23.7 Å². The maximum Gasteiger partial charge on any atom is 0.336 e. The van der Waals surface area contributed by atoms with E-state index in [1.807, 2.05) is 0 Å². The Kier molecular flexibility index (Phi) is 6.44. The Morgan fingerprint density at radius 1 is 0.939 bits per heavy atom. The normalized spacial score (nSPS) is 15.1. The molecule has 3 aromatic carbocycles. The molecule has 33 heavy (non-hydrogen) atoms. The fourth-order valence-electron chi connectivity index (χ4n) is 3.13. The number of nitrogens with one attached hydrogen (secondary N) is 1. The van der Waals surface area contributed by atoms with Gasteiger partial charge in [-0.15, -0.1) is 0 Å². The van der Waals surface area contributed by atoms with Crippen LogP contribution >= 0.6 is 23.2 Å². The Morgan fingerprint density at radius 3 is 2.36 bits per heavy atom. The van der Waals surface area contributed by atoms with Crippen molar-refractivity contribution in [3.8, 4) is 5.75 Å². The number of barbiturate groups is 1. The number of carbonyl (C=O) groups excluding carboxylic acids is 3. The van der Waals surface area contributed by atoms with Crippen molar-refractivity contribution in [2.24, 2.45) is 0 Å². The van der Waals surface area contributed by atoms with Gasteiger partial charge in [0, 0.05) is 0 Å². The molecule has 0 bridgehead atoms. The molecule has 1 aliphatic rings. The van der Waals surface area contributed by atoms with Gasteiger partial charge in [-0.1, -0.05) is 53.5 Å². The molecule has 6 nitrogen and oxygen atoms in total. The topological polar surface area (TPSA) is 75.7 Å². The standard InChI is InChI=1S/C24H15Cl2FN2O4/c25-18-10-7-15(12-19(18)26)13-33-16-8-5-14(6-9-16)11-17-22(30)28-24(32)29(23(17)31)21-4-2-1-3-20(21)27/h1-12H,13H2,(H,28,30,32)/b17-11-. The molecule has 4 rings (SSSR count). The first kappa shape index (κ1) is 22.5. The summed E-state index contributed by atoms with van der Waals surface area (Å²) < 4.78 is 19.9. The molecule has 4 amide bonds. The van der Waals surface area contributed by atoms with Crippen molar-refractivity contribution in [3.63, 3.8) is 0 Å². The summed E-state index contributed by atoms with van der Waals surface area (Å²) in [6.07, 6.45) is 1.32. The number of para-hydroxylation sites is 1. The Hall–Kier alpha value is -3.68. The maximum absolute atomic E-state index is 14.1. The zero-order chi connectivity index (χ0) is 23.5. The molecule has 0 atom stereocenters. The second kappa shape index (κ2) is 9.44.